The maximum atomic E-state index is 12.4. The van der Waals surface area contributed by atoms with E-state index in [2.05, 4.69) is 5.32 Å². The minimum Gasteiger partial charge on any atom is -0.491 e. The highest BCUT2D eigenvalue weighted by Gasteiger charge is 2.20. The van der Waals surface area contributed by atoms with Crippen molar-refractivity contribution in [2.75, 3.05) is 5.32 Å². The minimum absolute atomic E-state index is 0.000346. The van der Waals surface area contributed by atoms with E-state index in [9.17, 15) is 25.0 Å². The quantitative estimate of drug-likeness (QED) is 0.590. The molecule has 0 bridgehead atoms. The summed E-state index contributed by atoms with van der Waals surface area (Å²) >= 11 is 0. The standard InChI is InChI=1S/C17H17N3O6/c1-3-11(2)26-16-6-4-5-13(9-16)18-17(21)12-7-14(19(22)23)10-15(8-12)20(24)25/h4-11H,3H2,1-2H3,(H,18,21). The number of carbonyl (C=O) groups excluding carboxylic acids is 1. The normalized spacial score (nSPS) is 11.5. The largest absolute Gasteiger partial charge is 0.491 e. The Kier molecular flexibility index (Phi) is 5.84. The Morgan fingerprint density at radius 2 is 1.73 bits per heavy atom. The summed E-state index contributed by atoms with van der Waals surface area (Å²) in [6.45, 7) is 3.89. The van der Waals surface area contributed by atoms with Gasteiger partial charge in [-0.25, -0.2) is 0 Å². The van der Waals surface area contributed by atoms with Crippen LogP contribution in [0.15, 0.2) is 42.5 Å². The van der Waals surface area contributed by atoms with E-state index in [0.717, 1.165) is 24.6 Å². The molecule has 0 saturated carbocycles. The number of amides is 1. The van der Waals surface area contributed by atoms with Gasteiger partial charge in [-0.05, 0) is 25.5 Å². The van der Waals surface area contributed by atoms with Crippen molar-refractivity contribution in [1.29, 1.82) is 0 Å². The molecule has 0 aliphatic heterocycles. The number of nitrogens with one attached hydrogen (secondary N) is 1. The topological polar surface area (TPSA) is 125 Å². The van der Waals surface area contributed by atoms with E-state index in [1.54, 1.807) is 24.3 Å². The van der Waals surface area contributed by atoms with Gasteiger partial charge in [0.15, 0.2) is 0 Å². The summed E-state index contributed by atoms with van der Waals surface area (Å²) in [5.41, 5.74) is -0.833. The Bertz CT molecular complexity index is 820. The van der Waals surface area contributed by atoms with Gasteiger partial charge in [-0.15, -0.1) is 0 Å². The highest BCUT2D eigenvalue weighted by atomic mass is 16.6. The number of non-ortho nitro benzene ring substituents is 2. The number of nitrogens with zero attached hydrogens (tertiary/aromatic N) is 2. The molecule has 2 aromatic rings. The summed E-state index contributed by atoms with van der Waals surface area (Å²) in [6, 6.07) is 9.42. The van der Waals surface area contributed by atoms with Crippen LogP contribution in [0.4, 0.5) is 17.1 Å². The van der Waals surface area contributed by atoms with Crippen molar-refractivity contribution in [3.63, 3.8) is 0 Å². The van der Waals surface area contributed by atoms with Crippen LogP contribution >= 0.6 is 0 Å². The van der Waals surface area contributed by atoms with Crippen LogP contribution in [0, 0.1) is 20.2 Å². The molecule has 0 spiro atoms. The summed E-state index contributed by atoms with van der Waals surface area (Å²) in [5.74, 6) is -0.139. The zero-order valence-corrected chi connectivity index (χ0v) is 14.2. The summed E-state index contributed by atoms with van der Waals surface area (Å²) in [7, 11) is 0. The Balaban J connectivity index is 2.26. The number of ether oxygens (including phenoxy) is 1. The monoisotopic (exact) mass is 359 g/mol. The lowest BCUT2D eigenvalue weighted by Gasteiger charge is -2.13. The SMILES string of the molecule is CCC(C)Oc1cccc(NC(=O)c2cc([N+](=O)[O-])cc([N+](=O)[O-])c2)c1. The molecule has 0 radical (unpaired) electrons. The Morgan fingerprint density at radius 1 is 1.12 bits per heavy atom. The van der Waals surface area contributed by atoms with Crippen LogP contribution in [0.5, 0.6) is 5.75 Å². The predicted octanol–water partition coefficient (Wildman–Crippen LogP) is 3.93. The molecule has 0 heterocycles. The molecule has 9 nitrogen and oxygen atoms in total. The zero-order chi connectivity index (χ0) is 19.3. The molecule has 0 fully saturated rings. The fraction of sp³-hybridized carbons (Fsp3) is 0.235. The fourth-order valence-electron chi connectivity index (χ4n) is 2.10. The molecule has 2 rings (SSSR count). The van der Waals surface area contributed by atoms with Gasteiger partial charge in [-0.3, -0.25) is 25.0 Å². The molecule has 1 unspecified atom stereocenters. The van der Waals surface area contributed by atoms with Gasteiger partial charge in [0.1, 0.15) is 5.75 Å². The number of nitro benzene ring substituents is 2. The van der Waals surface area contributed by atoms with E-state index in [1.165, 1.54) is 0 Å². The molecule has 136 valence electrons. The predicted molar refractivity (Wildman–Crippen MR) is 94.5 cm³/mol. The van der Waals surface area contributed by atoms with E-state index in [-0.39, 0.29) is 11.7 Å². The van der Waals surface area contributed by atoms with Crippen LogP contribution in [0.1, 0.15) is 30.6 Å². The first-order valence-corrected chi connectivity index (χ1v) is 7.82. The smallest absolute Gasteiger partial charge is 0.277 e. The zero-order valence-electron chi connectivity index (χ0n) is 14.2. The van der Waals surface area contributed by atoms with E-state index in [4.69, 9.17) is 4.74 Å². The molecular weight excluding hydrogens is 342 g/mol. The number of hydrogen-bond acceptors (Lipinski definition) is 6. The van der Waals surface area contributed by atoms with Crippen LogP contribution in [-0.4, -0.2) is 21.9 Å². The van der Waals surface area contributed by atoms with E-state index >= 15 is 0 Å². The molecule has 0 aliphatic carbocycles. The summed E-state index contributed by atoms with van der Waals surface area (Å²) in [4.78, 5) is 32.6. The van der Waals surface area contributed by atoms with E-state index in [1.807, 2.05) is 13.8 Å². The molecule has 1 amide bonds. The first kappa shape index (κ1) is 18.8. The molecule has 9 heteroatoms. The van der Waals surface area contributed by atoms with Gasteiger partial charge < -0.3 is 10.1 Å². The van der Waals surface area contributed by atoms with Crippen LogP contribution in [-0.2, 0) is 0 Å². The second-order valence-corrected chi connectivity index (χ2v) is 5.57. The number of benzene rings is 2. The van der Waals surface area contributed by atoms with Crippen molar-refractivity contribution < 1.29 is 19.4 Å². The Hall–Kier alpha value is -3.49. The second kappa shape index (κ2) is 8.06. The second-order valence-electron chi connectivity index (χ2n) is 5.57. The van der Waals surface area contributed by atoms with Gasteiger partial charge in [0.25, 0.3) is 17.3 Å². The highest BCUT2D eigenvalue weighted by molar-refractivity contribution is 6.05. The lowest BCUT2D eigenvalue weighted by atomic mass is 10.1. The first-order valence-electron chi connectivity index (χ1n) is 7.82. The van der Waals surface area contributed by atoms with Crippen molar-refractivity contribution in [3.05, 3.63) is 68.3 Å². The van der Waals surface area contributed by atoms with Crippen molar-refractivity contribution >= 4 is 23.0 Å². The van der Waals surface area contributed by atoms with Gasteiger partial charge in [0, 0.05) is 23.9 Å². The molecule has 0 aliphatic rings. The molecule has 26 heavy (non-hydrogen) atoms. The third kappa shape index (κ3) is 4.76. The van der Waals surface area contributed by atoms with Gasteiger partial charge in [0.2, 0.25) is 0 Å². The Labute approximate surface area is 148 Å². The molecule has 1 N–H and O–H groups in total. The van der Waals surface area contributed by atoms with E-state index in [0.29, 0.717) is 11.4 Å². The maximum absolute atomic E-state index is 12.4. The van der Waals surface area contributed by atoms with Crippen LogP contribution in [0.3, 0.4) is 0 Å². The summed E-state index contributed by atoms with van der Waals surface area (Å²) in [5, 5.41) is 24.4. The van der Waals surface area contributed by atoms with Gasteiger partial charge in [-0.2, -0.15) is 0 Å². The average molecular weight is 359 g/mol. The molecule has 1 atom stereocenters. The number of hydrogen-bond donors (Lipinski definition) is 1. The average Bonchev–Trinajstić information content (AvgIpc) is 2.61. The molecule has 0 saturated heterocycles. The van der Waals surface area contributed by atoms with E-state index < -0.39 is 27.1 Å². The number of anilines is 1. The number of nitro groups is 2. The third-order valence-electron chi connectivity index (χ3n) is 3.59. The van der Waals surface area contributed by atoms with Crippen LogP contribution in [0.2, 0.25) is 0 Å². The van der Waals surface area contributed by atoms with Crippen molar-refractivity contribution in [3.8, 4) is 5.75 Å². The van der Waals surface area contributed by atoms with Crippen LogP contribution < -0.4 is 10.1 Å². The van der Waals surface area contributed by atoms with Gasteiger partial charge in [0.05, 0.1) is 27.6 Å². The number of carbonyl (C=O) groups is 1. The highest BCUT2D eigenvalue weighted by Crippen LogP contribution is 2.24. The van der Waals surface area contributed by atoms with Crippen molar-refractivity contribution in [2.45, 2.75) is 26.4 Å². The van der Waals surface area contributed by atoms with Crippen molar-refractivity contribution in [1.82, 2.24) is 0 Å². The lowest BCUT2D eigenvalue weighted by Crippen LogP contribution is -2.13. The fourth-order valence-corrected chi connectivity index (χ4v) is 2.10. The van der Waals surface area contributed by atoms with Gasteiger partial charge in [-0.1, -0.05) is 13.0 Å². The van der Waals surface area contributed by atoms with Crippen molar-refractivity contribution in [2.24, 2.45) is 0 Å². The maximum Gasteiger partial charge on any atom is 0.277 e. The van der Waals surface area contributed by atoms with Crippen LogP contribution in [0.25, 0.3) is 0 Å². The van der Waals surface area contributed by atoms with Gasteiger partial charge >= 0.3 is 0 Å². The molecule has 2 aromatic carbocycles. The third-order valence-corrected chi connectivity index (χ3v) is 3.59. The number of rotatable bonds is 7. The molecule has 0 aromatic heterocycles. The summed E-state index contributed by atoms with van der Waals surface area (Å²) in [6.07, 6.45) is 0.814. The summed E-state index contributed by atoms with van der Waals surface area (Å²) < 4.78 is 5.66. The minimum atomic E-state index is -0.787. The lowest BCUT2D eigenvalue weighted by molar-refractivity contribution is -0.394. The first-order chi connectivity index (χ1) is 12.3. The Morgan fingerprint density at radius 3 is 2.27 bits per heavy atom. The molecular formula is C17H17N3O6.